The van der Waals surface area contributed by atoms with Gasteiger partial charge in [0.25, 0.3) is 0 Å². The quantitative estimate of drug-likeness (QED) is 0.838. The summed E-state index contributed by atoms with van der Waals surface area (Å²) in [4.78, 5) is 23.8. The molecule has 18 heavy (non-hydrogen) atoms. The molecule has 0 radical (unpaired) electrons. The lowest BCUT2D eigenvalue weighted by atomic mass is 9.70. The Morgan fingerprint density at radius 3 is 2.00 bits per heavy atom. The number of rotatable bonds is 3. The smallest absolute Gasteiger partial charge is 0.307 e. The van der Waals surface area contributed by atoms with Crippen LogP contribution >= 0.6 is 0 Å². The summed E-state index contributed by atoms with van der Waals surface area (Å²) in [7, 11) is 0. The van der Waals surface area contributed by atoms with E-state index >= 15 is 0 Å². The van der Waals surface area contributed by atoms with Crippen LogP contribution in [0.4, 0.5) is 0 Å². The van der Waals surface area contributed by atoms with E-state index in [1.165, 1.54) is 0 Å². The monoisotopic (exact) mass is 252 g/mol. The molecule has 3 nitrogen and oxygen atoms in total. The molecule has 2 atom stereocenters. The second-order valence-electron chi connectivity index (χ2n) is 6.19. The lowest BCUT2D eigenvalue weighted by Crippen LogP contribution is -2.37. The first-order chi connectivity index (χ1) is 8.59. The van der Waals surface area contributed by atoms with E-state index in [-0.39, 0.29) is 17.6 Å². The van der Waals surface area contributed by atoms with Crippen LogP contribution in [-0.2, 0) is 9.59 Å². The third kappa shape index (κ3) is 2.93. The van der Waals surface area contributed by atoms with Crippen molar-refractivity contribution in [2.45, 2.75) is 58.3 Å². The maximum absolute atomic E-state index is 12.5. The number of carboxylic acids is 1. The molecule has 2 aliphatic rings. The van der Waals surface area contributed by atoms with Crippen molar-refractivity contribution in [2.75, 3.05) is 0 Å². The summed E-state index contributed by atoms with van der Waals surface area (Å²) < 4.78 is 0. The number of carbonyl (C=O) groups is 2. The third-order valence-corrected chi connectivity index (χ3v) is 4.87. The molecule has 0 aromatic rings. The van der Waals surface area contributed by atoms with Crippen LogP contribution in [0.15, 0.2) is 0 Å². The van der Waals surface area contributed by atoms with E-state index in [0.29, 0.717) is 6.42 Å². The summed E-state index contributed by atoms with van der Waals surface area (Å²) in [5, 5.41) is 9.25. The Bertz CT molecular complexity index is 316. The molecule has 2 aliphatic carbocycles. The van der Waals surface area contributed by atoms with Crippen LogP contribution in [0.25, 0.3) is 0 Å². The van der Waals surface area contributed by atoms with Gasteiger partial charge in [-0.3, -0.25) is 9.59 Å². The van der Waals surface area contributed by atoms with Gasteiger partial charge in [0, 0.05) is 11.8 Å². The SMILES string of the molecule is CC1CCC(C(=O)[C@H]2CCCC[C@@H]2C(=O)O)CC1. The largest absolute Gasteiger partial charge is 0.481 e. The Morgan fingerprint density at radius 1 is 0.889 bits per heavy atom. The number of aliphatic carboxylic acids is 1. The van der Waals surface area contributed by atoms with Crippen LogP contribution in [0, 0.1) is 23.7 Å². The molecule has 0 aromatic carbocycles. The zero-order chi connectivity index (χ0) is 13.1. The van der Waals surface area contributed by atoms with Crippen molar-refractivity contribution in [3.05, 3.63) is 0 Å². The minimum atomic E-state index is -0.766. The number of Topliss-reactive ketones (excluding diaryl/α,β-unsaturated/α-hetero) is 1. The van der Waals surface area contributed by atoms with Gasteiger partial charge in [-0.05, 0) is 31.6 Å². The van der Waals surface area contributed by atoms with Crippen LogP contribution < -0.4 is 0 Å². The normalized spacial score (nSPS) is 37.2. The molecule has 3 heteroatoms. The van der Waals surface area contributed by atoms with Crippen molar-refractivity contribution in [2.24, 2.45) is 23.7 Å². The fraction of sp³-hybridized carbons (Fsp3) is 0.867. The standard InChI is InChI=1S/C15H24O3/c1-10-6-8-11(9-7-10)14(16)12-4-2-3-5-13(12)15(17)18/h10-13H,2-9H2,1H3,(H,17,18)/t10?,11?,12-,13-/m0/s1. The van der Waals surface area contributed by atoms with Gasteiger partial charge in [-0.15, -0.1) is 0 Å². The molecule has 0 spiro atoms. The Labute approximate surface area is 109 Å². The van der Waals surface area contributed by atoms with Gasteiger partial charge in [0.05, 0.1) is 5.92 Å². The maximum Gasteiger partial charge on any atom is 0.307 e. The van der Waals surface area contributed by atoms with E-state index < -0.39 is 11.9 Å². The molecule has 2 fully saturated rings. The molecule has 0 aromatic heterocycles. The average Bonchev–Trinajstić information content (AvgIpc) is 2.39. The summed E-state index contributed by atoms with van der Waals surface area (Å²) in [6.07, 6.45) is 7.66. The first-order valence-corrected chi connectivity index (χ1v) is 7.36. The van der Waals surface area contributed by atoms with Gasteiger partial charge in [0.2, 0.25) is 0 Å². The Balaban J connectivity index is 2.00. The summed E-state index contributed by atoms with van der Waals surface area (Å²) >= 11 is 0. The molecule has 0 heterocycles. The van der Waals surface area contributed by atoms with E-state index in [0.717, 1.165) is 50.9 Å². The van der Waals surface area contributed by atoms with Gasteiger partial charge in [-0.25, -0.2) is 0 Å². The van der Waals surface area contributed by atoms with Gasteiger partial charge in [0.15, 0.2) is 0 Å². The highest BCUT2D eigenvalue weighted by Gasteiger charge is 2.39. The van der Waals surface area contributed by atoms with E-state index in [2.05, 4.69) is 6.92 Å². The minimum Gasteiger partial charge on any atom is -0.481 e. The zero-order valence-electron chi connectivity index (χ0n) is 11.2. The zero-order valence-corrected chi connectivity index (χ0v) is 11.2. The molecule has 2 saturated carbocycles. The van der Waals surface area contributed by atoms with Crippen LogP contribution in [-0.4, -0.2) is 16.9 Å². The minimum absolute atomic E-state index is 0.145. The highest BCUT2D eigenvalue weighted by atomic mass is 16.4. The molecule has 0 saturated heterocycles. The predicted molar refractivity (Wildman–Crippen MR) is 69.2 cm³/mol. The molecule has 0 aliphatic heterocycles. The summed E-state index contributed by atoms with van der Waals surface area (Å²) in [6, 6.07) is 0. The lowest BCUT2D eigenvalue weighted by Gasteiger charge is -2.33. The van der Waals surface area contributed by atoms with Crippen molar-refractivity contribution in [3.8, 4) is 0 Å². The highest BCUT2D eigenvalue weighted by molar-refractivity contribution is 5.88. The Morgan fingerprint density at radius 2 is 1.44 bits per heavy atom. The molecule has 0 bridgehead atoms. The van der Waals surface area contributed by atoms with Gasteiger partial charge >= 0.3 is 5.97 Å². The average molecular weight is 252 g/mol. The number of ketones is 1. The van der Waals surface area contributed by atoms with E-state index in [1.54, 1.807) is 0 Å². The van der Waals surface area contributed by atoms with Gasteiger partial charge < -0.3 is 5.11 Å². The van der Waals surface area contributed by atoms with E-state index in [1.807, 2.05) is 0 Å². The number of hydrogen-bond acceptors (Lipinski definition) is 2. The van der Waals surface area contributed by atoms with Crippen molar-refractivity contribution < 1.29 is 14.7 Å². The molecule has 102 valence electrons. The maximum atomic E-state index is 12.5. The third-order valence-electron chi connectivity index (χ3n) is 4.87. The van der Waals surface area contributed by atoms with E-state index in [9.17, 15) is 14.7 Å². The van der Waals surface area contributed by atoms with Gasteiger partial charge in [-0.1, -0.05) is 32.6 Å². The Kier molecular flexibility index (Phi) is 4.41. The van der Waals surface area contributed by atoms with Crippen molar-refractivity contribution >= 4 is 11.8 Å². The van der Waals surface area contributed by atoms with Crippen molar-refractivity contribution in [1.29, 1.82) is 0 Å². The van der Waals surface area contributed by atoms with Crippen molar-refractivity contribution in [1.82, 2.24) is 0 Å². The number of carbonyl (C=O) groups excluding carboxylic acids is 1. The molecule has 0 amide bonds. The second kappa shape index (κ2) is 5.85. The van der Waals surface area contributed by atoms with Crippen LogP contribution in [0.2, 0.25) is 0 Å². The fourth-order valence-electron chi connectivity index (χ4n) is 3.61. The molecule has 2 rings (SSSR count). The highest BCUT2D eigenvalue weighted by Crippen LogP contribution is 2.37. The fourth-order valence-corrected chi connectivity index (χ4v) is 3.61. The van der Waals surface area contributed by atoms with Gasteiger partial charge in [-0.2, -0.15) is 0 Å². The topological polar surface area (TPSA) is 54.4 Å². The lowest BCUT2D eigenvalue weighted by molar-refractivity contribution is -0.149. The summed E-state index contributed by atoms with van der Waals surface area (Å²) in [5.41, 5.74) is 0. The molecular weight excluding hydrogens is 228 g/mol. The second-order valence-corrected chi connectivity index (χ2v) is 6.19. The molecular formula is C15H24O3. The van der Waals surface area contributed by atoms with E-state index in [4.69, 9.17) is 0 Å². The van der Waals surface area contributed by atoms with Crippen LogP contribution in [0.1, 0.15) is 58.3 Å². The van der Waals surface area contributed by atoms with Crippen molar-refractivity contribution in [3.63, 3.8) is 0 Å². The number of carboxylic acid groups (broad SMARTS) is 1. The first-order valence-electron chi connectivity index (χ1n) is 7.36. The molecule has 0 unspecified atom stereocenters. The van der Waals surface area contributed by atoms with Gasteiger partial charge in [0.1, 0.15) is 5.78 Å². The Hall–Kier alpha value is -0.860. The van der Waals surface area contributed by atoms with Crippen LogP contribution in [0.5, 0.6) is 0 Å². The predicted octanol–water partition coefficient (Wildman–Crippen LogP) is 3.27. The molecule has 1 N–H and O–H groups in total. The summed E-state index contributed by atoms with van der Waals surface area (Å²) in [5.74, 6) is -0.242. The number of hydrogen-bond donors (Lipinski definition) is 1. The first kappa shape index (κ1) is 13.6. The summed E-state index contributed by atoms with van der Waals surface area (Å²) in [6.45, 7) is 2.24. The van der Waals surface area contributed by atoms with Crippen LogP contribution in [0.3, 0.4) is 0 Å².